The lowest BCUT2D eigenvalue weighted by atomic mass is 10.0. The van der Waals surface area contributed by atoms with Crippen LogP contribution in [0.1, 0.15) is 38.3 Å². The monoisotopic (exact) mass is 409 g/mol. The quantitative estimate of drug-likeness (QED) is 0.369. The third kappa shape index (κ3) is 6.76. The Bertz CT molecular complexity index is 701. The predicted octanol–water partition coefficient (Wildman–Crippen LogP) is 1.66. The molecule has 1 fully saturated rings. The molecule has 2 N–H and O–H groups in total. The van der Waals surface area contributed by atoms with Crippen LogP contribution in [0.4, 0.5) is 0 Å². The molecule has 1 aliphatic rings. The van der Waals surface area contributed by atoms with Crippen molar-refractivity contribution in [1.29, 1.82) is 0 Å². The first-order valence-electron chi connectivity index (χ1n) is 10.2. The van der Waals surface area contributed by atoms with Crippen LogP contribution < -0.4 is 10.0 Å². The molecule has 1 aromatic rings. The highest BCUT2D eigenvalue weighted by Gasteiger charge is 2.25. The van der Waals surface area contributed by atoms with E-state index >= 15 is 0 Å². The highest BCUT2D eigenvalue weighted by molar-refractivity contribution is 7.89. The number of guanidine groups is 1. The second kappa shape index (κ2) is 11.4. The van der Waals surface area contributed by atoms with Crippen LogP contribution in [0.5, 0.6) is 0 Å². The minimum atomic E-state index is -3.11. The third-order valence-corrected chi connectivity index (χ3v) is 6.58. The van der Waals surface area contributed by atoms with Crippen LogP contribution in [0, 0.1) is 0 Å². The van der Waals surface area contributed by atoms with E-state index in [-0.39, 0.29) is 5.75 Å². The molecule has 1 atom stereocenters. The van der Waals surface area contributed by atoms with E-state index in [1.165, 1.54) is 5.56 Å². The SMILES string of the molecule is CCC(c1ccccc1)N1CCN(C(=NC)NCCCNS(=O)(=O)CC)CC1. The van der Waals surface area contributed by atoms with Crippen molar-refractivity contribution < 1.29 is 8.42 Å². The van der Waals surface area contributed by atoms with Gasteiger partial charge in [-0.05, 0) is 25.3 Å². The topological polar surface area (TPSA) is 77.0 Å². The second-order valence-electron chi connectivity index (χ2n) is 6.98. The molecule has 0 bridgehead atoms. The van der Waals surface area contributed by atoms with Crippen LogP contribution in [0.3, 0.4) is 0 Å². The van der Waals surface area contributed by atoms with Crippen LogP contribution in [-0.2, 0) is 10.0 Å². The summed E-state index contributed by atoms with van der Waals surface area (Å²) in [6.45, 7) is 8.91. The van der Waals surface area contributed by atoms with E-state index < -0.39 is 10.0 Å². The van der Waals surface area contributed by atoms with Gasteiger partial charge in [0.2, 0.25) is 10.0 Å². The molecule has 7 nitrogen and oxygen atoms in total. The normalized spacial score (nSPS) is 17.5. The van der Waals surface area contributed by atoms with Gasteiger partial charge in [0.05, 0.1) is 5.75 Å². The van der Waals surface area contributed by atoms with Crippen LogP contribution in [0.2, 0.25) is 0 Å². The molecule has 0 aliphatic carbocycles. The Morgan fingerprint density at radius 3 is 2.36 bits per heavy atom. The van der Waals surface area contributed by atoms with Gasteiger partial charge in [0.1, 0.15) is 0 Å². The Hall–Kier alpha value is -1.64. The predicted molar refractivity (Wildman–Crippen MR) is 116 cm³/mol. The van der Waals surface area contributed by atoms with Crippen molar-refractivity contribution >= 4 is 16.0 Å². The van der Waals surface area contributed by atoms with Crippen molar-refractivity contribution in [2.24, 2.45) is 4.99 Å². The van der Waals surface area contributed by atoms with Crippen molar-refractivity contribution in [1.82, 2.24) is 19.8 Å². The van der Waals surface area contributed by atoms with Crippen LogP contribution in [0.25, 0.3) is 0 Å². The van der Waals surface area contributed by atoms with Crippen molar-refractivity contribution in [3.05, 3.63) is 35.9 Å². The summed E-state index contributed by atoms with van der Waals surface area (Å²) in [4.78, 5) is 9.23. The fourth-order valence-corrected chi connectivity index (χ4v) is 4.24. The van der Waals surface area contributed by atoms with E-state index in [1.54, 1.807) is 14.0 Å². The minimum absolute atomic E-state index is 0.119. The summed E-state index contributed by atoms with van der Waals surface area (Å²) in [5.41, 5.74) is 1.38. The van der Waals surface area contributed by atoms with E-state index in [4.69, 9.17) is 0 Å². The zero-order valence-electron chi connectivity index (χ0n) is 17.4. The summed E-state index contributed by atoms with van der Waals surface area (Å²) in [6, 6.07) is 11.2. The molecule has 8 heteroatoms. The van der Waals surface area contributed by atoms with Crippen LogP contribution in [0.15, 0.2) is 35.3 Å². The number of aliphatic imine (C=N–C) groups is 1. The lowest BCUT2D eigenvalue weighted by molar-refractivity contribution is 0.127. The number of hydrogen-bond donors (Lipinski definition) is 2. The first-order chi connectivity index (χ1) is 13.5. The summed E-state index contributed by atoms with van der Waals surface area (Å²) < 4.78 is 25.5. The van der Waals surface area contributed by atoms with E-state index in [0.29, 0.717) is 19.1 Å². The molecule has 0 radical (unpaired) electrons. The lowest BCUT2D eigenvalue weighted by Crippen LogP contribution is -2.53. The number of rotatable bonds is 9. The van der Waals surface area contributed by atoms with E-state index in [2.05, 4.69) is 62.1 Å². The van der Waals surface area contributed by atoms with Crippen molar-refractivity contribution in [2.45, 2.75) is 32.7 Å². The number of nitrogens with zero attached hydrogens (tertiary/aromatic N) is 3. The van der Waals surface area contributed by atoms with Crippen LogP contribution >= 0.6 is 0 Å². The molecule has 0 spiro atoms. The van der Waals surface area contributed by atoms with Gasteiger partial charge in [0, 0.05) is 52.4 Å². The van der Waals surface area contributed by atoms with Gasteiger partial charge in [-0.25, -0.2) is 13.1 Å². The Labute approximate surface area is 170 Å². The molecular weight excluding hydrogens is 374 g/mol. The number of sulfonamides is 1. The van der Waals surface area contributed by atoms with Gasteiger partial charge in [-0.15, -0.1) is 0 Å². The molecule has 0 saturated carbocycles. The second-order valence-corrected chi connectivity index (χ2v) is 9.08. The Kier molecular flexibility index (Phi) is 9.21. The van der Waals surface area contributed by atoms with E-state index in [1.807, 2.05) is 0 Å². The standard InChI is InChI=1S/C20H35N5O2S/c1-4-19(18-10-7-6-8-11-18)24-14-16-25(17-15-24)20(21-3)22-12-9-13-23-28(26,27)5-2/h6-8,10-11,19,23H,4-5,9,12-17H2,1-3H3,(H,21,22). The van der Waals surface area contributed by atoms with E-state index in [9.17, 15) is 8.42 Å². The first-order valence-corrected chi connectivity index (χ1v) is 11.9. The highest BCUT2D eigenvalue weighted by atomic mass is 32.2. The zero-order chi connectivity index (χ0) is 20.4. The fraction of sp³-hybridized carbons (Fsp3) is 0.650. The smallest absolute Gasteiger partial charge is 0.211 e. The van der Waals surface area contributed by atoms with Crippen LogP contribution in [-0.4, -0.2) is 76.2 Å². The largest absolute Gasteiger partial charge is 0.356 e. The molecule has 158 valence electrons. The molecule has 1 saturated heterocycles. The summed E-state index contributed by atoms with van der Waals surface area (Å²) in [6.07, 6.45) is 1.83. The zero-order valence-corrected chi connectivity index (χ0v) is 18.2. The van der Waals surface area contributed by atoms with Gasteiger partial charge in [0.15, 0.2) is 5.96 Å². The molecule has 1 aliphatic heterocycles. The van der Waals surface area contributed by atoms with Gasteiger partial charge in [-0.1, -0.05) is 37.3 Å². The number of nitrogens with one attached hydrogen (secondary N) is 2. The van der Waals surface area contributed by atoms with Gasteiger partial charge < -0.3 is 10.2 Å². The third-order valence-electron chi connectivity index (χ3n) is 5.18. The Morgan fingerprint density at radius 2 is 1.79 bits per heavy atom. The molecule has 1 heterocycles. The maximum atomic E-state index is 11.4. The first kappa shape index (κ1) is 22.6. The van der Waals surface area contributed by atoms with Crippen molar-refractivity contribution in [2.75, 3.05) is 52.1 Å². The maximum absolute atomic E-state index is 11.4. The van der Waals surface area contributed by atoms with Gasteiger partial charge in [-0.2, -0.15) is 0 Å². The molecule has 2 rings (SSSR count). The average Bonchev–Trinajstić information content (AvgIpc) is 2.73. The van der Waals surface area contributed by atoms with Crippen molar-refractivity contribution in [3.8, 4) is 0 Å². The molecule has 0 amide bonds. The van der Waals surface area contributed by atoms with Gasteiger partial charge in [0.25, 0.3) is 0 Å². The number of piperazine rings is 1. The highest BCUT2D eigenvalue weighted by Crippen LogP contribution is 2.25. The summed E-state index contributed by atoms with van der Waals surface area (Å²) in [5.74, 6) is 1.01. The molecular formula is C20H35N5O2S. The average molecular weight is 410 g/mol. The Balaban J connectivity index is 1.77. The van der Waals surface area contributed by atoms with E-state index in [0.717, 1.165) is 45.0 Å². The molecule has 1 aromatic carbocycles. The molecule has 1 unspecified atom stereocenters. The molecule has 0 aromatic heterocycles. The summed E-state index contributed by atoms with van der Waals surface area (Å²) in [7, 11) is -1.31. The van der Waals surface area contributed by atoms with Crippen molar-refractivity contribution in [3.63, 3.8) is 0 Å². The number of benzene rings is 1. The fourth-order valence-electron chi connectivity index (χ4n) is 3.58. The summed E-state index contributed by atoms with van der Waals surface area (Å²) >= 11 is 0. The summed E-state index contributed by atoms with van der Waals surface area (Å²) in [5, 5.41) is 3.36. The Morgan fingerprint density at radius 1 is 1.11 bits per heavy atom. The lowest BCUT2D eigenvalue weighted by Gasteiger charge is -2.40. The molecule has 28 heavy (non-hydrogen) atoms. The van der Waals surface area contributed by atoms with Gasteiger partial charge in [-0.3, -0.25) is 9.89 Å². The minimum Gasteiger partial charge on any atom is -0.356 e. The van der Waals surface area contributed by atoms with Gasteiger partial charge >= 0.3 is 0 Å². The number of hydrogen-bond acceptors (Lipinski definition) is 4. The maximum Gasteiger partial charge on any atom is 0.211 e.